The van der Waals surface area contributed by atoms with E-state index in [4.69, 9.17) is 4.74 Å². The third kappa shape index (κ3) is 4.48. The topological polar surface area (TPSA) is 80.0 Å². The fourth-order valence-corrected chi connectivity index (χ4v) is 5.20. The molecule has 1 saturated heterocycles. The molecule has 0 bridgehead atoms. The molecule has 1 aromatic heterocycles. The SMILES string of the molecule is COc1ccc(-n2cnc3c2C(=O)C(c2ccc(-c4ccccc4CN4CC[C@H](O)C4)cc2)N=C3)cc1. The summed E-state index contributed by atoms with van der Waals surface area (Å²) in [6.07, 6.45) is 3.95. The Morgan fingerprint density at radius 2 is 1.81 bits per heavy atom. The first-order valence-electron chi connectivity index (χ1n) is 12.5. The number of hydrogen-bond acceptors (Lipinski definition) is 6. The number of benzene rings is 3. The van der Waals surface area contributed by atoms with Crippen LogP contribution in [0.3, 0.4) is 0 Å². The Kier molecular flexibility index (Phi) is 6.16. The first kappa shape index (κ1) is 23.3. The maximum atomic E-state index is 13.6. The highest BCUT2D eigenvalue weighted by molar-refractivity contribution is 6.08. The number of likely N-dealkylation sites (tertiary alicyclic amines) is 1. The van der Waals surface area contributed by atoms with Gasteiger partial charge in [0.25, 0.3) is 0 Å². The van der Waals surface area contributed by atoms with Gasteiger partial charge in [-0.25, -0.2) is 4.98 Å². The number of nitrogens with zero attached hydrogens (tertiary/aromatic N) is 4. The highest BCUT2D eigenvalue weighted by atomic mass is 16.5. The zero-order valence-corrected chi connectivity index (χ0v) is 20.6. The van der Waals surface area contributed by atoms with Gasteiger partial charge in [-0.15, -0.1) is 0 Å². The number of aliphatic hydroxyl groups excluding tert-OH is 1. The van der Waals surface area contributed by atoms with E-state index in [-0.39, 0.29) is 11.9 Å². The predicted molar refractivity (Wildman–Crippen MR) is 143 cm³/mol. The number of β-amino-alcohol motifs (C(OH)–C–C–N with tert-alkyl or cyclic N) is 1. The van der Waals surface area contributed by atoms with E-state index in [0.29, 0.717) is 17.9 Å². The van der Waals surface area contributed by atoms with Gasteiger partial charge in [-0.3, -0.25) is 19.3 Å². The summed E-state index contributed by atoms with van der Waals surface area (Å²) < 4.78 is 7.07. The van der Waals surface area contributed by atoms with E-state index >= 15 is 0 Å². The number of methoxy groups -OCH3 is 1. The van der Waals surface area contributed by atoms with E-state index in [1.54, 1.807) is 19.7 Å². The number of hydrogen-bond donors (Lipinski definition) is 1. The van der Waals surface area contributed by atoms with Gasteiger partial charge in [-0.2, -0.15) is 0 Å². The zero-order valence-electron chi connectivity index (χ0n) is 20.6. The van der Waals surface area contributed by atoms with Gasteiger partial charge >= 0.3 is 0 Å². The van der Waals surface area contributed by atoms with Crippen LogP contribution < -0.4 is 4.74 Å². The van der Waals surface area contributed by atoms with Crippen LogP contribution in [0.15, 0.2) is 84.1 Å². The normalized spacial score (nSPS) is 19.2. The van der Waals surface area contributed by atoms with Crippen LogP contribution in [0.5, 0.6) is 5.75 Å². The quantitative estimate of drug-likeness (QED) is 0.430. The molecule has 0 amide bonds. The van der Waals surface area contributed by atoms with Crippen molar-refractivity contribution in [1.29, 1.82) is 0 Å². The van der Waals surface area contributed by atoms with Crippen molar-refractivity contribution in [3.8, 4) is 22.6 Å². The molecule has 186 valence electrons. The van der Waals surface area contributed by atoms with Crippen molar-refractivity contribution in [1.82, 2.24) is 14.5 Å². The number of carbonyl (C=O) groups is 1. The number of rotatable bonds is 6. The molecule has 2 aliphatic rings. The minimum absolute atomic E-state index is 0.0773. The summed E-state index contributed by atoms with van der Waals surface area (Å²) >= 11 is 0. The summed E-state index contributed by atoms with van der Waals surface area (Å²) in [5, 5.41) is 9.90. The monoisotopic (exact) mass is 492 g/mol. The molecule has 1 N–H and O–H groups in total. The molecule has 2 atom stereocenters. The van der Waals surface area contributed by atoms with Crippen LogP contribution in [-0.2, 0) is 6.54 Å². The van der Waals surface area contributed by atoms with Gasteiger partial charge in [0.1, 0.15) is 29.5 Å². The molecule has 0 spiro atoms. The van der Waals surface area contributed by atoms with Crippen molar-refractivity contribution in [3.63, 3.8) is 0 Å². The van der Waals surface area contributed by atoms with Crippen LogP contribution in [0.1, 0.15) is 39.8 Å². The molecule has 37 heavy (non-hydrogen) atoms. The number of Topliss-reactive ketones (excluding diaryl/α,β-unsaturated/α-hetero) is 1. The highest BCUT2D eigenvalue weighted by Crippen LogP contribution is 2.32. The van der Waals surface area contributed by atoms with E-state index in [1.165, 1.54) is 5.56 Å². The third-order valence-corrected chi connectivity index (χ3v) is 7.17. The first-order valence-corrected chi connectivity index (χ1v) is 12.5. The minimum Gasteiger partial charge on any atom is -0.497 e. The largest absolute Gasteiger partial charge is 0.497 e. The lowest BCUT2D eigenvalue weighted by Crippen LogP contribution is -2.21. The van der Waals surface area contributed by atoms with Gasteiger partial charge in [0.2, 0.25) is 5.78 Å². The average Bonchev–Trinajstić information content (AvgIpc) is 3.56. The Morgan fingerprint density at radius 3 is 2.54 bits per heavy atom. The van der Waals surface area contributed by atoms with Gasteiger partial charge in [-0.05, 0) is 52.9 Å². The number of aliphatic hydroxyl groups is 1. The number of fused-ring (bicyclic) bond motifs is 1. The molecule has 3 aromatic carbocycles. The predicted octanol–water partition coefficient (Wildman–Crippen LogP) is 4.47. The van der Waals surface area contributed by atoms with Gasteiger partial charge in [0.15, 0.2) is 0 Å². The molecule has 6 rings (SSSR count). The van der Waals surface area contributed by atoms with Crippen molar-refractivity contribution in [3.05, 3.63) is 102 Å². The lowest BCUT2D eigenvalue weighted by molar-refractivity contribution is 0.0953. The van der Waals surface area contributed by atoms with E-state index in [2.05, 4.69) is 45.2 Å². The molecular formula is C30H28N4O3. The van der Waals surface area contributed by atoms with Gasteiger partial charge in [-0.1, -0.05) is 48.5 Å². The van der Waals surface area contributed by atoms with E-state index < -0.39 is 6.04 Å². The zero-order chi connectivity index (χ0) is 25.4. The van der Waals surface area contributed by atoms with Crippen molar-refractivity contribution >= 4 is 12.0 Å². The lowest BCUT2D eigenvalue weighted by atomic mass is 9.94. The first-order chi connectivity index (χ1) is 18.1. The fourth-order valence-electron chi connectivity index (χ4n) is 5.20. The van der Waals surface area contributed by atoms with Crippen LogP contribution in [0.4, 0.5) is 0 Å². The van der Waals surface area contributed by atoms with Crippen LogP contribution >= 0.6 is 0 Å². The Bertz CT molecular complexity index is 1460. The Hall–Kier alpha value is -4.07. The van der Waals surface area contributed by atoms with E-state index in [0.717, 1.165) is 47.6 Å². The molecule has 0 radical (unpaired) electrons. The maximum absolute atomic E-state index is 13.6. The summed E-state index contributed by atoms with van der Waals surface area (Å²) in [5.74, 6) is 0.676. The molecule has 7 heteroatoms. The van der Waals surface area contributed by atoms with Gasteiger partial charge < -0.3 is 9.84 Å². The number of ketones is 1. The van der Waals surface area contributed by atoms with Crippen LogP contribution in [0.25, 0.3) is 16.8 Å². The van der Waals surface area contributed by atoms with Crippen molar-refractivity contribution in [2.75, 3.05) is 20.2 Å². The van der Waals surface area contributed by atoms with Crippen LogP contribution in [-0.4, -0.2) is 57.9 Å². The molecule has 0 saturated carbocycles. The standard InChI is InChI=1S/C30H28N4O3/c1-37-25-12-10-23(11-13-25)34-19-32-27-16-31-28(30(36)29(27)34)21-8-6-20(7-9-21)26-5-3-2-4-22(26)17-33-15-14-24(35)18-33/h2-13,16,19,24,28,35H,14-15,17-18H2,1H3/t24-,28?/m0/s1. The number of aromatic nitrogens is 2. The minimum atomic E-state index is -0.614. The third-order valence-electron chi connectivity index (χ3n) is 7.17. The number of imidazole rings is 1. The fraction of sp³-hybridized carbons (Fsp3) is 0.233. The summed E-state index contributed by atoms with van der Waals surface area (Å²) in [6, 6.07) is 23.4. The molecule has 7 nitrogen and oxygen atoms in total. The molecule has 1 fully saturated rings. The molecule has 0 aliphatic carbocycles. The van der Waals surface area contributed by atoms with E-state index in [1.807, 2.05) is 47.0 Å². The summed E-state index contributed by atoms with van der Waals surface area (Å²) in [6.45, 7) is 2.42. The number of carbonyl (C=O) groups excluding carboxylic acids is 1. The Morgan fingerprint density at radius 1 is 1.03 bits per heavy atom. The second-order valence-electron chi connectivity index (χ2n) is 9.55. The molecule has 1 unspecified atom stereocenters. The van der Waals surface area contributed by atoms with Gasteiger partial charge in [0, 0.05) is 25.3 Å². The molecule has 4 aromatic rings. The van der Waals surface area contributed by atoms with Crippen LogP contribution in [0, 0.1) is 0 Å². The van der Waals surface area contributed by atoms with Crippen LogP contribution in [0.2, 0.25) is 0 Å². The van der Waals surface area contributed by atoms with Crippen molar-refractivity contribution in [2.24, 2.45) is 4.99 Å². The second kappa shape index (κ2) is 9.76. The highest BCUT2D eigenvalue weighted by Gasteiger charge is 2.31. The summed E-state index contributed by atoms with van der Waals surface area (Å²) in [4.78, 5) is 24.8. The lowest BCUT2D eigenvalue weighted by Gasteiger charge is -2.19. The maximum Gasteiger partial charge on any atom is 0.210 e. The number of aliphatic imine (C=N–C) groups is 1. The van der Waals surface area contributed by atoms with Gasteiger partial charge in [0.05, 0.1) is 19.4 Å². The molecule has 2 aliphatic heterocycles. The molecular weight excluding hydrogens is 464 g/mol. The second-order valence-corrected chi connectivity index (χ2v) is 9.55. The molecule has 3 heterocycles. The van der Waals surface area contributed by atoms with E-state index in [9.17, 15) is 9.90 Å². The summed E-state index contributed by atoms with van der Waals surface area (Å²) in [5.41, 5.74) is 6.28. The van der Waals surface area contributed by atoms with Crippen molar-refractivity contribution < 1.29 is 14.6 Å². The average molecular weight is 493 g/mol. The Balaban J connectivity index is 1.25. The smallest absolute Gasteiger partial charge is 0.210 e. The summed E-state index contributed by atoms with van der Waals surface area (Å²) in [7, 11) is 1.63. The number of ether oxygens (including phenoxy) is 1. The van der Waals surface area contributed by atoms with Crippen molar-refractivity contribution in [2.45, 2.75) is 25.1 Å². The Labute approximate surface area is 215 Å².